The molecule has 158 valence electrons. The van der Waals surface area contributed by atoms with Gasteiger partial charge in [0, 0.05) is 17.5 Å². The van der Waals surface area contributed by atoms with Crippen molar-refractivity contribution in [2.24, 2.45) is 5.92 Å². The Hall–Kier alpha value is -2.61. The smallest absolute Gasteiger partial charge is 0.241 e. The van der Waals surface area contributed by atoms with Gasteiger partial charge in [-0.1, -0.05) is 12.1 Å². The van der Waals surface area contributed by atoms with Gasteiger partial charge in [0.15, 0.2) is 11.5 Å². The number of likely N-dealkylation sites (tertiary alicyclic amines) is 1. The van der Waals surface area contributed by atoms with Crippen molar-refractivity contribution in [1.82, 2.24) is 20.4 Å². The van der Waals surface area contributed by atoms with Crippen LogP contribution >= 0.6 is 0 Å². The molecule has 0 radical (unpaired) electrons. The molecule has 1 amide bonds. The van der Waals surface area contributed by atoms with Crippen LogP contribution in [0.4, 0.5) is 0 Å². The molecule has 2 heterocycles. The molecule has 1 atom stereocenters. The summed E-state index contributed by atoms with van der Waals surface area (Å²) < 4.78 is 16.0. The second-order valence-electron chi connectivity index (χ2n) is 7.45. The highest BCUT2D eigenvalue weighted by atomic mass is 16.5. The van der Waals surface area contributed by atoms with Gasteiger partial charge in [0.2, 0.25) is 17.6 Å². The van der Waals surface area contributed by atoms with Crippen LogP contribution in [0.2, 0.25) is 0 Å². The SMILES string of the molecule is CC[C@@H](C)NC(=O)C1CCN(Cc2nc(-c3ccc(OC)c(OC)c3)no2)CC1. The van der Waals surface area contributed by atoms with E-state index in [1.807, 2.05) is 25.1 Å². The van der Waals surface area contributed by atoms with Gasteiger partial charge in [0.1, 0.15) is 0 Å². The van der Waals surface area contributed by atoms with E-state index in [0.29, 0.717) is 29.8 Å². The minimum absolute atomic E-state index is 0.0882. The fraction of sp³-hybridized carbons (Fsp3) is 0.571. The van der Waals surface area contributed by atoms with Crippen LogP contribution in [0, 0.1) is 5.92 Å². The van der Waals surface area contributed by atoms with Gasteiger partial charge in [-0.3, -0.25) is 9.69 Å². The zero-order valence-corrected chi connectivity index (χ0v) is 17.6. The lowest BCUT2D eigenvalue weighted by Crippen LogP contribution is -2.42. The first-order chi connectivity index (χ1) is 14.0. The fourth-order valence-corrected chi connectivity index (χ4v) is 3.42. The van der Waals surface area contributed by atoms with Gasteiger partial charge in [-0.15, -0.1) is 0 Å². The number of ether oxygens (including phenoxy) is 2. The Balaban J connectivity index is 1.56. The molecular formula is C21H30N4O4. The van der Waals surface area contributed by atoms with E-state index < -0.39 is 0 Å². The number of carbonyl (C=O) groups excluding carboxylic acids is 1. The summed E-state index contributed by atoms with van der Waals surface area (Å²) in [5.41, 5.74) is 0.804. The van der Waals surface area contributed by atoms with Gasteiger partial charge in [0.25, 0.3) is 0 Å². The number of piperidine rings is 1. The normalized spacial score (nSPS) is 16.4. The number of rotatable bonds is 8. The molecule has 0 bridgehead atoms. The first-order valence-electron chi connectivity index (χ1n) is 10.1. The molecule has 0 unspecified atom stereocenters. The van der Waals surface area contributed by atoms with E-state index in [-0.39, 0.29) is 17.9 Å². The van der Waals surface area contributed by atoms with Crippen LogP contribution in [-0.4, -0.2) is 54.3 Å². The number of hydrogen-bond acceptors (Lipinski definition) is 7. The highest BCUT2D eigenvalue weighted by Gasteiger charge is 2.26. The zero-order chi connectivity index (χ0) is 20.8. The van der Waals surface area contributed by atoms with E-state index >= 15 is 0 Å². The van der Waals surface area contributed by atoms with Crippen LogP contribution < -0.4 is 14.8 Å². The lowest BCUT2D eigenvalue weighted by molar-refractivity contribution is -0.127. The molecule has 8 heteroatoms. The van der Waals surface area contributed by atoms with Crippen LogP contribution in [0.5, 0.6) is 11.5 Å². The molecule has 1 aliphatic heterocycles. The van der Waals surface area contributed by atoms with Crippen molar-refractivity contribution in [3.8, 4) is 22.9 Å². The van der Waals surface area contributed by atoms with Crippen molar-refractivity contribution >= 4 is 5.91 Å². The molecule has 1 aromatic carbocycles. The third kappa shape index (κ3) is 5.26. The predicted octanol–water partition coefficient (Wildman–Crippen LogP) is 2.88. The van der Waals surface area contributed by atoms with Crippen molar-refractivity contribution in [2.75, 3.05) is 27.3 Å². The van der Waals surface area contributed by atoms with E-state index in [4.69, 9.17) is 14.0 Å². The first-order valence-corrected chi connectivity index (χ1v) is 10.1. The maximum absolute atomic E-state index is 12.3. The molecule has 3 rings (SSSR count). The lowest BCUT2D eigenvalue weighted by atomic mass is 9.95. The minimum Gasteiger partial charge on any atom is -0.493 e. The lowest BCUT2D eigenvalue weighted by Gasteiger charge is -2.30. The van der Waals surface area contributed by atoms with Crippen LogP contribution in [-0.2, 0) is 11.3 Å². The molecule has 29 heavy (non-hydrogen) atoms. The number of aromatic nitrogens is 2. The Morgan fingerprint density at radius 1 is 1.28 bits per heavy atom. The summed E-state index contributed by atoms with van der Waals surface area (Å²) in [5, 5.41) is 7.18. The van der Waals surface area contributed by atoms with Crippen LogP contribution in [0.3, 0.4) is 0 Å². The van der Waals surface area contributed by atoms with E-state index in [1.165, 1.54) is 0 Å². The van der Waals surface area contributed by atoms with Gasteiger partial charge >= 0.3 is 0 Å². The standard InChI is InChI=1S/C21H30N4O4/c1-5-14(2)22-21(26)15-8-10-25(11-9-15)13-19-23-20(24-29-19)16-6-7-17(27-3)18(12-16)28-4/h6-7,12,14-15H,5,8-11,13H2,1-4H3,(H,22,26)/t14-/m1/s1. The second kappa shape index (κ2) is 9.73. The molecule has 1 aromatic heterocycles. The van der Waals surface area contributed by atoms with Gasteiger partial charge in [-0.2, -0.15) is 4.98 Å². The summed E-state index contributed by atoms with van der Waals surface area (Å²) in [6.07, 6.45) is 2.64. The van der Waals surface area contributed by atoms with E-state index in [0.717, 1.165) is 37.9 Å². The Kier molecular flexibility index (Phi) is 7.09. The third-order valence-electron chi connectivity index (χ3n) is 5.43. The average molecular weight is 402 g/mol. The monoisotopic (exact) mass is 402 g/mol. The molecule has 0 spiro atoms. The molecule has 0 saturated carbocycles. The third-order valence-corrected chi connectivity index (χ3v) is 5.43. The minimum atomic E-state index is 0.0882. The Morgan fingerprint density at radius 2 is 2.00 bits per heavy atom. The van der Waals surface area contributed by atoms with Crippen LogP contribution in [0.25, 0.3) is 11.4 Å². The van der Waals surface area contributed by atoms with Gasteiger partial charge < -0.3 is 19.3 Å². The van der Waals surface area contributed by atoms with Gasteiger partial charge in [-0.25, -0.2) is 0 Å². The Morgan fingerprint density at radius 3 is 2.66 bits per heavy atom. The Labute approximate surface area is 171 Å². The second-order valence-corrected chi connectivity index (χ2v) is 7.45. The van der Waals surface area contributed by atoms with Crippen molar-refractivity contribution in [2.45, 2.75) is 45.7 Å². The first kappa shape index (κ1) is 21.1. The summed E-state index contributed by atoms with van der Waals surface area (Å²) in [6.45, 7) is 6.38. The van der Waals surface area contributed by atoms with E-state index in [2.05, 4.69) is 27.3 Å². The summed E-state index contributed by atoms with van der Waals surface area (Å²) in [7, 11) is 3.19. The van der Waals surface area contributed by atoms with Crippen LogP contribution in [0.15, 0.2) is 22.7 Å². The average Bonchev–Trinajstić information content (AvgIpc) is 3.22. The molecule has 1 saturated heterocycles. The van der Waals surface area contributed by atoms with Crippen molar-refractivity contribution in [3.63, 3.8) is 0 Å². The molecule has 8 nitrogen and oxygen atoms in total. The fourth-order valence-electron chi connectivity index (χ4n) is 3.42. The number of carbonyl (C=O) groups is 1. The number of nitrogens with zero attached hydrogens (tertiary/aromatic N) is 3. The summed E-state index contributed by atoms with van der Waals surface area (Å²) in [5.74, 6) is 2.62. The molecule has 1 aliphatic rings. The largest absolute Gasteiger partial charge is 0.493 e. The number of benzene rings is 1. The maximum Gasteiger partial charge on any atom is 0.241 e. The molecule has 0 aliphatic carbocycles. The molecule has 2 aromatic rings. The van der Waals surface area contributed by atoms with E-state index in [9.17, 15) is 4.79 Å². The number of amides is 1. The summed E-state index contributed by atoms with van der Waals surface area (Å²) in [4.78, 5) is 19.1. The highest BCUT2D eigenvalue weighted by Crippen LogP contribution is 2.31. The zero-order valence-electron chi connectivity index (χ0n) is 17.6. The molecule has 1 N–H and O–H groups in total. The van der Waals surface area contributed by atoms with Gasteiger partial charge in [-0.05, 0) is 57.5 Å². The molecule has 1 fully saturated rings. The maximum atomic E-state index is 12.3. The number of nitrogens with one attached hydrogen (secondary N) is 1. The topological polar surface area (TPSA) is 89.7 Å². The highest BCUT2D eigenvalue weighted by molar-refractivity contribution is 5.79. The number of methoxy groups -OCH3 is 2. The van der Waals surface area contributed by atoms with Crippen LogP contribution in [0.1, 0.15) is 39.0 Å². The van der Waals surface area contributed by atoms with Crippen molar-refractivity contribution in [1.29, 1.82) is 0 Å². The van der Waals surface area contributed by atoms with Crippen molar-refractivity contribution < 1.29 is 18.8 Å². The van der Waals surface area contributed by atoms with Gasteiger partial charge in [0.05, 0.1) is 20.8 Å². The number of hydrogen-bond donors (Lipinski definition) is 1. The Bertz CT molecular complexity index is 815. The van der Waals surface area contributed by atoms with E-state index in [1.54, 1.807) is 14.2 Å². The summed E-state index contributed by atoms with van der Waals surface area (Å²) in [6, 6.07) is 5.75. The molecular weight excluding hydrogens is 372 g/mol. The van der Waals surface area contributed by atoms with Crippen molar-refractivity contribution in [3.05, 3.63) is 24.1 Å². The quantitative estimate of drug-likeness (QED) is 0.726. The summed E-state index contributed by atoms with van der Waals surface area (Å²) >= 11 is 0. The predicted molar refractivity (Wildman–Crippen MR) is 109 cm³/mol.